The van der Waals surface area contributed by atoms with Crippen LogP contribution in [-0.2, 0) is 52.1 Å². The molecule has 1 atom stereocenters. The Hall–Kier alpha value is -0.480. The summed E-state index contributed by atoms with van der Waals surface area (Å²) in [5, 5.41) is 0. The largest absolute Gasteiger partial charge is 0.378 e. The minimum atomic E-state index is -0.0613. The predicted molar refractivity (Wildman–Crippen MR) is 136 cm³/mol. The van der Waals surface area contributed by atoms with Crippen molar-refractivity contribution in [1.82, 2.24) is 0 Å². The zero-order valence-electron chi connectivity index (χ0n) is 22.6. The van der Waals surface area contributed by atoms with Crippen molar-refractivity contribution in [3.63, 3.8) is 0 Å². The lowest BCUT2D eigenvalue weighted by Gasteiger charge is -2.22. The van der Waals surface area contributed by atoms with Gasteiger partial charge in [0.1, 0.15) is 0 Å². The molecule has 1 fully saturated rings. The molecule has 0 amide bonds. The van der Waals surface area contributed by atoms with Gasteiger partial charge in [-0.15, -0.1) is 0 Å². The van der Waals surface area contributed by atoms with Crippen LogP contribution in [0.3, 0.4) is 0 Å². The van der Waals surface area contributed by atoms with Gasteiger partial charge in [0, 0.05) is 13.2 Å². The van der Waals surface area contributed by atoms with Crippen molar-refractivity contribution >= 4 is 0 Å². The van der Waals surface area contributed by atoms with Gasteiger partial charge in [0.2, 0.25) is 0 Å². The Labute approximate surface area is 222 Å². The van der Waals surface area contributed by atoms with Gasteiger partial charge in [-0.25, -0.2) is 0 Å². The Balaban J connectivity index is 1.61. The molecule has 0 spiro atoms. The fraction of sp³-hybridized carbons (Fsp3) is 1.00. The fourth-order valence-corrected chi connectivity index (χ4v) is 3.03. The van der Waals surface area contributed by atoms with Gasteiger partial charge in [-0.05, 0) is 19.3 Å². The van der Waals surface area contributed by atoms with Crippen LogP contribution in [0.2, 0.25) is 0 Å². The number of hydrogen-bond donors (Lipinski definition) is 1. The summed E-state index contributed by atoms with van der Waals surface area (Å²) in [5.41, 5.74) is 5.32. The van der Waals surface area contributed by atoms with Crippen molar-refractivity contribution in [1.29, 1.82) is 0 Å². The third-order valence-corrected chi connectivity index (χ3v) is 4.91. The lowest BCUT2D eigenvalue weighted by Crippen LogP contribution is -2.24. The number of hydrogen-bond acceptors (Lipinski definition) is 12. The third kappa shape index (κ3) is 26.9. The van der Waals surface area contributed by atoms with E-state index in [0.29, 0.717) is 132 Å². The van der Waals surface area contributed by atoms with Crippen LogP contribution in [0.5, 0.6) is 0 Å². The Morgan fingerprint density at radius 3 is 1.05 bits per heavy atom. The molecular weight excluding hydrogens is 490 g/mol. The maximum atomic E-state index is 5.60. The molecule has 1 unspecified atom stereocenters. The first-order valence-electron chi connectivity index (χ1n) is 13.6. The monoisotopic (exact) mass is 541 g/mol. The highest BCUT2D eigenvalue weighted by Crippen LogP contribution is 2.13. The molecule has 222 valence electrons. The van der Waals surface area contributed by atoms with E-state index < -0.39 is 0 Å². The van der Waals surface area contributed by atoms with Gasteiger partial charge >= 0.3 is 0 Å². The Morgan fingerprint density at radius 1 is 0.432 bits per heavy atom. The quantitative estimate of drug-likeness (QED) is 0.128. The van der Waals surface area contributed by atoms with Crippen molar-refractivity contribution in [2.24, 2.45) is 5.73 Å². The van der Waals surface area contributed by atoms with Gasteiger partial charge in [0.15, 0.2) is 6.29 Å². The molecule has 12 nitrogen and oxygen atoms in total. The molecular formula is C25H51NO11. The van der Waals surface area contributed by atoms with E-state index in [1.807, 2.05) is 0 Å². The number of rotatable bonds is 30. The zero-order valence-corrected chi connectivity index (χ0v) is 22.6. The summed E-state index contributed by atoms with van der Waals surface area (Å²) in [4.78, 5) is 0. The van der Waals surface area contributed by atoms with Gasteiger partial charge < -0.3 is 57.8 Å². The average Bonchev–Trinajstić information content (AvgIpc) is 2.93. The molecule has 1 aliphatic heterocycles. The smallest absolute Gasteiger partial charge is 0.157 e. The van der Waals surface area contributed by atoms with E-state index in [-0.39, 0.29) is 6.29 Å². The highest BCUT2D eigenvalue weighted by molar-refractivity contribution is 4.53. The number of nitrogens with two attached hydrogens (primary N) is 1. The predicted octanol–water partition coefficient (Wildman–Crippen LogP) is 0.638. The Morgan fingerprint density at radius 2 is 0.757 bits per heavy atom. The van der Waals surface area contributed by atoms with Crippen molar-refractivity contribution in [3.8, 4) is 0 Å². The second-order valence-corrected chi connectivity index (χ2v) is 7.97. The molecule has 1 saturated heterocycles. The summed E-state index contributed by atoms with van der Waals surface area (Å²) in [7, 11) is 0. The maximum Gasteiger partial charge on any atom is 0.157 e. The van der Waals surface area contributed by atoms with Crippen LogP contribution in [0.4, 0.5) is 0 Å². The summed E-state index contributed by atoms with van der Waals surface area (Å²) in [5.74, 6) is 0. The second-order valence-electron chi connectivity index (χ2n) is 7.97. The Kier molecular flexibility index (Phi) is 28.1. The molecule has 0 aromatic rings. The SMILES string of the molecule is NCCOCCOCCOCCOCCOCCOCCOCCOCCOCCOC1CCCCO1. The van der Waals surface area contributed by atoms with E-state index in [4.69, 9.17) is 57.8 Å². The van der Waals surface area contributed by atoms with Gasteiger partial charge in [0.05, 0.1) is 126 Å². The molecule has 0 radical (unpaired) electrons. The fourth-order valence-electron chi connectivity index (χ4n) is 3.03. The molecule has 12 heteroatoms. The van der Waals surface area contributed by atoms with Crippen LogP contribution >= 0.6 is 0 Å². The second kappa shape index (κ2) is 30.1. The lowest BCUT2D eigenvalue weighted by atomic mass is 10.2. The minimum absolute atomic E-state index is 0.0613. The van der Waals surface area contributed by atoms with Crippen LogP contribution in [0, 0.1) is 0 Å². The van der Waals surface area contributed by atoms with Crippen LogP contribution in [0.1, 0.15) is 19.3 Å². The van der Waals surface area contributed by atoms with E-state index in [9.17, 15) is 0 Å². The van der Waals surface area contributed by atoms with E-state index in [1.54, 1.807) is 0 Å². The molecule has 0 aromatic carbocycles. The summed E-state index contributed by atoms with van der Waals surface area (Å²) in [6.07, 6.45) is 3.21. The minimum Gasteiger partial charge on any atom is -0.378 e. The van der Waals surface area contributed by atoms with Crippen molar-refractivity contribution in [3.05, 3.63) is 0 Å². The topological polar surface area (TPSA) is 128 Å². The van der Waals surface area contributed by atoms with Gasteiger partial charge in [-0.3, -0.25) is 0 Å². The molecule has 0 aliphatic carbocycles. The molecule has 2 N–H and O–H groups in total. The maximum absolute atomic E-state index is 5.60. The van der Waals surface area contributed by atoms with Gasteiger partial charge in [-0.2, -0.15) is 0 Å². The van der Waals surface area contributed by atoms with E-state index >= 15 is 0 Å². The first-order valence-corrected chi connectivity index (χ1v) is 13.6. The Bertz CT molecular complexity index is 431. The summed E-state index contributed by atoms with van der Waals surface area (Å²) < 4.78 is 59.8. The standard InChI is InChI=1S/C25H51NO11/c26-4-6-27-7-8-28-9-10-29-11-12-30-13-14-31-15-16-32-17-18-33-19-20-34-21-22-35-23-24-37-25-3-1-2-5-36-25/h25H,1-24,26H2. The van der Waals surface area contributed by atoms with Crippen LogP contribution < -0.4 is 5.73 Å². The highest BCUT2D eigenvalue weighted by Gasteiger charge is 2.13. The summed E-state index contributed by atoms with van der Waals surface area (Å²) in [6.45, 7) is 11.5. The number of ether oxygens (including phenoxy) is 11. The van der Waals surface area contributed by atoms with Gasteiger partial charge in [0.25, 0.3) is 0 Å². The third-order valence-electron chi connectivity index (χ3n) is 4.91. The normalized spacial score (nSPS) is 16.0. The van der Waals surface area contributed by atoms with Crippen LogP contribution in [0.25, 0.3) is 0 Å². The molecule has 0 saturated carbocycles. The summed E-state index contributed by atoms with van der Waals surface area (Å²) in [6, 6.07) is 0. The van der Waals surface area contributed by atoms with E-state index in [1.165, 1.54) is 6.42 Å². The van der Waals surface area contributed by atoms with E-state index in [0.717, 1.165) is 19.4 Å². The van der Waals surface area contributed by atoms with Crippen molar-refractivity contribution < 1.29 is 52.1 Å². The van der Waals surface area contributed by atoms with Crippen LogP contribution in [-0.4, -0.2) is 145 Å². The van der Waals surface area contributed by atoms with Crippen molar-refractivity contribution in [2.45, 2.75) is 25.6 Å². The summed E-state index contributed by atoms with van der Waals surface area (Å²) >= 11 is 0. The lowest BCUT2D eigenvalue weighted by molar-refractivity contribution is -0.169. The molecule has 1 aliphatic rings. The molecule has 37 heavy (non-hydrogen) atoms. The zero-order chi connectivity index (χ0) is 26.3. The first kappa shape index (κ1) is 34.5. The van der Waals surface area contributed by atoms with Crippen LogP contribution in [0.15, 0.2) is 0 Å². The molecule has 0 aromatic heterocycles. The van der Waals surface area contributed by atoms with E-state index in [2.05, 4.69) is 0 Å². The highest BCUT2D eigenvalue weighted by atomic mass is 16.7. The van der Waals surface area contributed by atoms with Crippen molar-refractivity contribution in [2.75, 3.05) is 139 Å². The average molecular weight is 542 g/mol. The molecule has 1 rings (SSSR count). The van der Waals surface area contributed by atoms with Gasteiger partial charge in [-0.1, -0.05) is 0 Å². The molecule has 1 heterocycles. The first-order chi connectivity index (χ1) is 18.4. The molecule has 0 bridgehead atoms.